The third-order valence-electron chi connectivity index (χ3n) is 4.55. The molecule has 0 bridgehead atoms. The Morgan fingerprint density at radius 2 is 1.61 bits per heavy atom. The molecule has 174 valence electrons. The molecule has 2 atom stereocenters. The summed E-state index contributed by atoms with van der Waals surface area (Å²) in [6.45, 7) is 13.2. The van der Waals surface area contributed by atoms with Gasteiger partial charge in [0.15, 0.2) is 0 Å². The van der Waals surface area contributed by atoms with Gasteiger partial charge in [-0.3, -0.25) is 0 Å². The average molecular weight is 446 g/mol. The minimum absolute atomic E-state index is 0.0259. The number of fused-ring (bicyclic) bond motifs is 1. The second kappa shape index (κ2) is 14.5. The number of aliphatic hydroxyl groups excluding tert-OH is 1. The Kier molecular flexibility index (Phi) is 12.9. The summed E-state index contributed by atoms with van der Waals surface area (Å²) in [6.07, 6.45) is 3.74. The molecule has 0 amide bonds. The summed E-state index contributed by atoms with van der Waals surface area (Å²) in [7, 11) is 1.66. The summed E-state index contributed by atoms with van der Waals surface area (Å²) >= 11 is 1.89. The maximum absolute atomic E-state index is 9.45. The molecular weight excluding hydrogens is 402 g/mol. The lowest BCUT2D eigenvalue weighted by molar-refractivity contribution is 0.273. The number of unbranched alkanes of at least 4 members (excludes halogenated alkanes) is 1. The van der Waals surface area contributed by atoms with Gasteiger partial charge in [-0.1, -0.05) is 83.9 Å². The van der Waals surface area contributed by atoms with Crippen molar-refractivity contribution in [1.29, 1.82) is 0 Å². The molecule has 1 aliphatic rings. The van der Waals surface area contributed by atoms with Crippen LogP contribution in [-0.4, -0.2) is 24.0 Å². The molecule has 1 aliphatic heterocycles. The zero-order valence-electron chi connectivity index (χ0n) is 20.6. The molecule has 2 aromatic rings. The van der Waals surface area contributed by atoms with E-state index in [0.29, 0.717) is 17.5 Å². The summed E-state index contributed by atoms with van der Waals surface area (Å²) in [5.74, 6) is 1.88. The zero-order chi connectivity index (χ0) is 23.3. The number of ether oxygens (including phenoxy) is 1. The highest BCUT2D eigenvalue weighted by Crippen LogP contribution is 2.37. The predicted octanol–water partition coefficient (Wildman–Crippen LogP) is 7.24. The van der Waals surface area contributed by atoms with Gasteiger partial charge in [0.25, 0.3) is 0 Å². The highest BCUT2D eigenvalue weighted by Gasteiger charge is 2.22. The fourth-order valence-corrected chi connectivity index (χ4v) is 4.35. The summed E-state index contributed by atoms with van der Waals surface area (Å²) in [4.78, 5) is 1.27. The first kappa shape index (κ1) is 27.5. The quantitative estimate of drug-likeness (QED) is 0.509. The molecule has 1 heterocycles. The first-order valence-corrected chi connectivity index (χ1v) is 12.4. The largest absolute Gasteiger partial charge is 0.496 e. The van der Waals surface area contributed by atoms with Gasteiger partial charge in [-0.2, -0.15) is 0 Å². The van der Waals surface area contributed by atoms with Crippen LogP contribution >= 0.6 is 11.8 Å². The number of hydrogen-bond donors (Lipinski definition) is 2. The number of thioether (sulfide) groups is 1. The molecule has 0 saturated heterocycles. The van der Waals surface area contributed by atoms with Crippen molar-refractivity contribution in [2.45, 2.75) is 84.4 Å². The van der Waals surface area contributed by atoms with Crippen LogP contribution in [0.15, 0.2) is 53.4 Å². The highest BCUT2D eigenvalue weighted by molar-refractivity contribution is 7.99. The normalized spacial score (nSPS) is 17.8. The molecule has 1 unspecified atom stereocenters. The van der Waals surface area contributed by atoms with Crippen molar-refractivity contribution in [2.24, 2.45) is 5.41 Å². The fourth-order valence-electron chi connectivity index (χ4n) is 3.08. The molecule has 0 fully saturated rings. The Labute approximate surface area is 195 Å². The topological polar surface area (TPSA) is 41.5 Å². The monoisotopic (exact) mass is 445 g/mol. The van der Waals surface area contributed by atoms with Gasteiger partial charge in [0.1, 0.15) is 5.75 Å². The molecule has 0 aliphatic carbocycles. The minimum Gasteiger partial charge on any atom is -0.496 e. The van der Waals surface area contributed by atoms with Crippen molar-refractivity contribution in [3.05, 3.63) is 59.7 Å². The number of hydrogen-bond acceptors (Lipinski definition) is 4. The smallest absolute Gasteiger partial charge is 0.124 e. The van der Waals surface area contributed by atoms with E-state index in [2.05, 4.69) is 59.0 Å². The van der Waals surface area contributed by atoms with Crippen LogP contribution in [0.2, 0.25) is 0 Å². The lowest BCUT2D eigenvalue weighted by atomic mass is 10.0. The van der Waals surface area contributed by atoms with E-state index in [4.69, 9.17) is 4.74 Å². The third-order valence-corrected chi connectivity index (χ3v) is 5.78. The first-order valence-electron chi connectivity index (χ1n) is 11.4. The van der Waals surface area contributed by atoms with E-state index >= 15 is 0 Å². The van der Waals surface area contributed by atoms with Crippen molar-refractivity contribution in [3.8, 4) is 5.75 Å². The van der Waals surface area contributed by atoms with Crippen LogP contribution in [0.4, 0.5) is 0 Å². The number of benzene rings is 2. The van der Waals surface area contributed by atoms with Gasteiger partial charge < -0.3 is 15.2 Å². The van der Waals surface area contributed by atoms with Gasteiger partial charge in [0.2, 0.25) is 0 Å². The number of aliphatic hydroxyl groups is 1. The molecule has 0 spiro atoms. The van der Waals surface area contributed by atoms with Crippen molar-refractivity contribution >= 4 is 11.8 Å². The summed E-state index contributed by atoms with van der Waals surface area (Å²) in [5, 5.41) is 13.2. The van der Waals surface area contributed by atoms with Crippen molar-refractivity contribution in [2.75, 3.05) is 12.9 Å². The van der Waals surface area contributed by atoms with Crippen LogP contribution in [0.3, 0.4) is 0 Å². The standard InChI is InChI=1S/C16H25NO2S.C6H6.C5H12/c1-4-5-6-13-10-20-16-7-12(9-18)15(19-3)8-14(16)11(2)17-13;1-2-4-6-5-3-1;1-5(2,3)4/h7-8,11,13,17-18H,4-6,9-10H2,1-3H3;1-6H;1-4H3/t11-,13?;;/m1../s1. The predicted molar refractivity (Wildman–Crippen MR) is 136 cm³/mol. The average Bonchev–Trinajstić information content (AvgIpc) is 2.90. The van der Waals surface area contributed by atoms with E-state index < -0.39 is 0 Å². The highest BCUT2D eigenvalue weighted by atomic mass is 32.2. The summed E-state index contributed by atoms with van der Waals surface area (Å²) < 4.78 is 5.39. The molecule has 0 radical (unpaired) electrons. The fraction of sp³-hybridized carbons (Fsp3) is 0.556. The van der Waals surface area contributed by atoms with E-state index in [1.165, 1.54) is 29.7 Å². The number of nitrogens with one attached hydrogen (secondary N) is 1. The second-order valence-corrected chi connectivity index (χ2v) is 10.6. The summed E-state index contributed by atoms with van der Waals surface area (Å²) in [5.41, 5.74) is 2.65. The van der Waals surface area contributed by atoms with Crippen molar-refractivity contribution in [1.82, 2.24) is 5.32 Å². The van der Waals surface area contributed by atoms with Crippen molar-refractivity contribution in [3.63, 3.8) is 0 Å². The molecular formula is C27H43NO2S. The van der Waals surface area contributed by atoms with Gasteiger partial charge in [-0.25, -0.2) is 0 Å². The van der Waals surface area contributed by atoms with Gasteiger partial charge in [-0.15, -0.1) is 11.8 Å². The lowest BCUT2D eigenvalue weighted by Crippen LogP contribution is -2.32. The molecule has 2 N–H and O–H groups in total. The van der Waals surface area contributed by atoms with Crippen LogP contribution in [0.25, 0.3) is 0 Å². The van der Waals surface area contributed by atoms with Crippen LogP contribution in [0.5, 0.6) is 5.75 Å². The summed E-state index contributed by atoms with van der Waals surface area (Å²) in [6, 6.07) is 17.0. The second-order valence-electron chi connectivity index (χ2n) is 9.55. The Bertz CT molecular complexity index is 695. The third kappa shape index (κ3) is 11.6. The molecule has 2 aromatic carbocycles. The van der Waals surface area contributed by atoms with Crippen LogP contribution in [0, 0.1) is 5.41 Å². The number of methoxy groups -OCH3 is 1. The van der Waals surface area contributed by atoms with Crippen LogP contribution in [0.1, 0.15) is 78.0 Å². The lowest BCUT2D eigenvalue weighted by Gasteiger charge is -2.20. The van der Waals surface area contributed by atoms with E-state index in [1.807, 2.05) is 48.2 Å². The van der Waals surface area contributed by atoms with Gasteiger partial charge in [0, 0.05) is 28.3 Å². The van der Waals surface area contributed by atoms with Gasteiger partial charge in [0.05, 0.1) is 13.7 Å². The first-order chi connectivity index (χ1) is 14.7. The SMILES string of the molecule is CC(C)(C)C.CCCCC1CSc2cc(CO)c(OC)cc2[C@@H](C)N1.c1ccccc1. The van der Waals surface area contributed by atoms with E-state index in [1.54, 1.807) is 7.11 Å². The van der Waals surface area contributed by atoms with Crippen LogP contribution in [-0.2, 0) is 6.61 Å². The molecule has 0 aromatic heterocycles. The maximum Gasteiger partial charge on any atom is 0.124 e. The molecule has 3 rings (SSSR count). The molecule has 31 heavy (non-hydrogen) atoms. The van der Waals surface area contributed by atoms with Gasteiger partial charge >= 0.3 is 0 Å². The van der Waals surface area contributed by atoms with Crippen molar-refractivity contribution < 1.29 is 9.84 Å². The molecule has 0 saturated carbocycles. The Morgan fingerprint density at radius 3 is 2.06 bits per heavy atom. The Balaban J connectivity index is 0.000000357. The molecule has 4 heteroatoms. The molecule has 3 nitrogen and oxygen atoms in total. The van der Waals surface area contributed by atoms with E-state index in [9.17, 15) is 5.11 Å². The van der Waals surface area contributed by atoms with Crippen LogP contribution < -0.4 is 10.1 Å². The van der Waals surface area contributed by atoms with Gasteiger partial charge in [-0.05, 0) is 36.5 Å². The Hall–Kier alpha value is -1.49. The van der Waals surface area contributed by atoms with E-state index in [-0.39, 0.29) is 6.61 Å². The number of rotatable bonds is 5. The minimum atomic E-state index is 0.0259. The zero-order valence-corrected chi connectivity index (χ0v) is 21.4. The Morgan fingerprint density at radius 1 is 1.06 bits per heavy atom. The maximum atomic E-state index is 9.45. The van der Waals surface area contributed by atoms with E-state index in [0.717, 1.165) is 17.1 Å².